The number of thiazole rings is 1. The number of aromatic nitrogens is 2. The molecule has 0 aliphatic heterocycles. The van der Waals surface area contributed by atoms with Gasteiger partial charge < -0.3 is 0 Å². The first-order valence-corrected chi connectivity index (χ1v) is 8.76. The van der Waals surface area contributed by atoms with E-state index in [1.54, 1.807) is 0 Å². The third-order valence-corrected chi connectivity index (χ3v) is 5.75. The van der Waals surface area contributed by atoms with Gasteiger partial charge in [0.25, 0.3) is 10.0 Å². The van der Waals surface area contributed by atoms with Crippen molar-refractivity contribution in [2.45, 2.75) is 30.6 Å². The van der Waals surface area contributed by atoms with Crippen molar-refractivity contribution in [1.82, 2.24) is 9.97 Å². The van der Waals surface area contributed by atoms with Crippen molar-refractivity contribution < 1.29 is 8.42 Å². The van der Waals surface area contributed by atoms with E-state index in [1.807, 2.05) is 6.07 Å². The number of fused-ring (bicyclic) bond motifs is 1. The molecule has 6 nitrogen and oxygen atoms in total. The summed E-state index contributed by atoms with van der Waals surface area (Å²) in [7, 11) is -3.71. The largest absolute Gasteiger partial charge is 0.265 e. The van der Waals surface area contributed by atoms with Gasteiger partial charge in [0, 0.05) is 11.1 Å². The zero-order valence-corrected chi connectivity index (χ0v) is 12.7. The van der Waals surface area contributed by atoms with Crippen molar-refractivity contribution in [2.75, 3.05) is 4.72 Å². The summed E-state index contributed by atoms with van der Waals surface area (Å²) >= 11 is 1.39. The average Bonchev–Trinajstić information content (AvgIpc) is 2.88. The Labute approximate surface area is 126 Å². The molecule has 108 valence electrons. The van der Waals surface area contributed by atoms with Crippen LogP contribution in [0, 0.1) is 11.3 Å². The van der Waals surface area contributed by atoms with Crippen LogP contribution < -0.4 is 4.72 Å². The molecule has 0 fully saturated rings. The van der Waals surface area contributed by atoms with Gasteiger partial charge in [-0.25, -0.2) is 18.4 Å². The lowest BCUT2D eigenvalue weighted by molar-refractivity contribution is 0.600. The second-order valence-corrected chi connectivity index (χ2v) is 7.46. The monoisotopic (exact) mass is 320 g/mol. The topological polar surface area (TPSA) is 95.7 Å². The summed E-state index contributed by atoms with van der Waals surface area (Å²) in [6, 6.07) is 4.59. The Kier molecular flexibility index (Phi) is 3.61. The molecule has 0 unspecified atom stereocenters. The Morgan fingerprint density at radius 2 is 2.10 bits per heavy atom. The number of anilines is 1. The molecule has 0 atom stereocenters. The molecule has 0 saturated carbocycles. The number of aryl methyl sites for hydroxylation is 2. The van der Waals surface area contributed by atoms with Gasteiger partial charge in [-0.15, -0.1) is 11.3 Å². The summed E-state index contributed by atoms with van der Waals surface area (Å²) in [6.07, 6.45) is 5.27. The molecule has 0 spiro atoms. The molecular weight excluding hydrogens is 308 g/mol. The lowest BCUT2D eigenvalue weighted by Crippen LogP contribution is -2.13. The van der Waals surface area contributed by atoms with Gasteiger partial charge in [0.05, 0.1) is 5.69 Å². The number of rotatable bonds is 3. The maximum Gasteiger partial charge on any atom is 0.265 e. The van der Waals surface area contributed by atoms with Crippen LogP contribution in [0.1, 0.15) is 29.1 Å². The fourth-order valence-corrected chi connectivity index (χ4v) is 4.40. The van der Waals surface area contributed by atoms with Crippen LogP contribution in [0.4, 0.5) is 5.13 Å². The SMILES string of the molecule is N#Cc1ccc(S(=O)(=O)Nc2nc3c(s2)CCCC3)cn1. The lowest BCUT2D eigenvalue weighted by atomic mass is 10.0. The van der Waals surface area contributed by atoms with Gasteiger partial charge in [0.15, 0.2) is 5.13 Å². The van der Waals surface area contributed by atoms with Crippen LogP contribution in [-0.2, 0) is 22.9 Å². The van der Waals surface area contributed by atoms with Crippen LogP contribution in [-0.4, -0.2) is 18.4 Å². The second-order valence-electron chi connectivity index (χ2n) is 4.69. The van der Waals surface area contributed by atoms with Crippen molar-refractivity contribution in [2.24, 2.45) is 0 Å². The Hall–Kier alpha value is -1.98. The standard InChI is InChI=1S/C13H12N4O2S2/c14-7-9-5-6-10(8-15-9)21(18,19)17-13-16-11-3-1-2-4-12(11)20-13/h5-6,8H,1-4H2,(H,16,17). The van der Waals surface area contributed by atoms with Crippen LogP contribution in [0.5, 0.6) is 0 Å². The summed E-state index contributed by atoms with van der Waals surface area (Å²) < 4.78 is 27.0. The number of sulfonamides is 1. The van der Waals surface area contributed by atoms with E-state index in [-0.39, 0.29) is 10.6 Å². The van der Waals surface area contributed by atoms with E-state index >= 15 is 0 Å². The average molecular weight is 320 g/mol. The highest BCUT2D eigenvalue weighted by molar-refractivity contribution is 7.93. The third-order valence-electron chi connectivity index (χ3n) is 3.23. The van der Waals surface area contributed by atoms with E-state index in [4.69, 9.17) is 5.26 Å². The van der Waals surface area contributed by atoms with Gasteiger partial charge >= 0.3 is 0 Å². The summed E-state index contributed by atoms with van der Waals surface area (Å²) in [5.74, 6) is 0. The van der Waals surface area contributed by atoms with Gasteiger partial charge in [0.2, 0.25) is 0 Å². The summed E-state index contributed by atoms with van der Waals surface area (Å²) in [5.41, 5.74) is 1.18. The zero-order valence-electron chi connectivity index (χ0n) is 11.0. The summed E-state index contributed by atoms with van der Waals surface area (Å²) in [4.78, 5) is 9.31. The minimum Gasteiger partial charge on any atom is -0.255 e. The van der Waals surface area contributed by atoms with E-state index in [9.17, 15) is 8.42 Å². The van der Waals surface area contributed by atoms with E-state index in [0.717, 1.165) is 36.3 Å². The second kappa shape index (κ2) is 5.42. The molecule has 0 amide bonds. The lowest BCUT2D eigenvalue weighted by Gasteiger charge is -2.06. The molecule has 0 radical (unpaired) electrons. The highest BCUT2D eigenvalue weighted by Gasteiger charge is 2.20. The van der Waals surface area contributed by atoms with Crippen LogP contribution in [0.2, 0.25) is 0 Å². The highest BCUT2D eigenvalue weighted by Crippen LogP contribution is 2.30. The minimum absolute atomic E-state index is 0.0228. The Morgan fingerprint density at radius 1 is 1.29 bits per heavy atom. The predicted octanol–water partition coefficient (Wildman–Crippen LogP) is 2.09. The highest BCUT2D eigenvalue weighted by atomic mass is 32.2. The van der Waals surface area contributed by atoms with Gasteiger partial charge in [-0.1, -0.05) is 0 Å². The van der Waals surface area contributed by atoms with Crippen LogP contribution in [0.3, 0.4) is 0 Å². The van der Waals surface area contributed by atoms with Crippen molar-refractivity contribution in [3.05, 3.63) is 34.6 Å². The van der Waals surface area contributed by atoms with E-state index in [0.29, 0.717) is 5.13 Å². The number of hydrogen-bond donors (Lipinski definition) is 1. The number of nitriles is 1. The van der Waals surface area contributed by atoms with E-state index in [1.165, 1.54) is 29.7 Å². The number of pyridine rings is 1. The smallest absolute Gasteiger partial charge is 0.255 e. The molecule has 3 rings (SSSR count). The van der Waals surface area contributed by atoms with Gasteiger partial charge in [-0.2, -0.15) is 5.26 Å². The molecule has 21 heavy (non-hydrogen) atoms. The first-order chi connectivity index (χ1) is 10.1. The van der Waals surface area contributed by atoms with Gasteiger partial charge in [-0.05, 0) is 37.8 Å². The molecule has 2 aromatic rings. The Balaban J connectivity index is 1.85. The third kappa shape index (κ3) is 2.89. The molecule has 1 aliphatic rings. The Morgan fingerprint density at radius 3 is 2.76 bits per heavy atom. The zero-order chi connectivity index (χ0) is 14.9. The van der Waals surface area contributed by atoms with E-state index < -0.39 is 10.0 Å². The molecule has 0 aromatic carbocycles. The van der Waals surface area contributed by atoms with Crippen LogP contribution in [0.25, 0.3) is 0 Å². The maximum absolute atomic E-state index is 12.2. The number of hydrogen-bond acceptors (Lipinski definition) is 6. The quantitative estimate of drug-likeness (QED) is 0.934. The molecule has 1 aliphatic carbocycles. The Bertz CT molecular complexity index is 780. The molecule has 8 heteroatoms. The first kappa shape index (κ1) is 14.0. The van der Waals surface area contributed by atoms with E-state index in [2.05, 4.69) is 14.7 Å². The van der Waals surface area contributed by atoms with Crippen LogP contribution in [0.15, 0.2) is 23.2 Å². The van der Waals surface area contributed by atoms with Crippen molar-refractivity contribution >= 4 is 26.5 Å². The van der Waals surface area contributed by atoms with Crippen molar-refractivity contribution in [1.29, 1.82) is 5.26 Å². The van der Waals surface area contributed by atoms with Crippen molar-refractivity contribution in [3.8, 4) is 6.07 Å². The minimum atomic E-state index is -3.71. The van der Waals surface area contributed by atoms with Crippen LogP contribution >= 0.6 is 11.3 Å². The molecular formula is C13H12N4O2S2. The summed E-state index contributed by atoms with van der Waals surface area (Å²) in [6.45, 7) is 0. The normalized spacial score (nSPS) is 14.2. The predicted molar refractivity (Wildman–Crippen MR) is 78.5 cm³/mol. The summed E-state index contributed by atoms with van der Waals surface area (Å²) in [5, 5.41) is 9.07. The molecule has 0 bridgehead atoms. The van der Waals surface area contributed by atoms with Crippen molar-refractivity contribution in [3.63, 3.8) is 0 Å². The van der Waals surface area contributed by atoms with Gasteiger partial charge in [-0.3, -0.25) is 4.72 Å². The fourth-order valence-electron chi connectivity index (χ4n) is 2.17. The molecule has 0 saturated heterocycles. The maximum atomic E-state index is 12.2. The molecule has 2 heterocycles. The van der Waals surface area contributed by atoms with Gasteiger partial charge in [0.1, 0.15) is 16.7 Å². The molecule has 2 aromatic heterocycles. The first-order valence-electron chi connectivity index (χ1n) is 6.46. The number of nitrogens with zero attached hydrogens (tertiary/aromatic N) is 3. The molecule has 1 N–H and O–H groups in total. The fraction of sp³-hybridized carbons (Fsp3) is 0.308. The number of nitrogens with one attached hydrogen (secondary N) is 1.